The van der Waals surface area contributed by atoms with E-state index in [1.807, 2.05) is 0 Å². The molecule has 3 nitrogen and oxygen atoms in total. The van der Waals surface area contributed by atoms with Crippen molar-refractivity contribution in [3.63, 3.8) is 0 Å². The molecule has 0 heterocycles. The van der Waals surface area contributed by atoms with Crippen LogP contribution in [0.5, 0.6) is 0 Å². The van der Waals surface area contributed by atoms with Gasteiger partial charge in [-0.2, -0.15) is 0 Å². The highest BCUT2D eigenvalue weighted by molar-refractivity contribution is 5.77. The number of nitrogens with one attached hydrogen (secondary N) is 1. The maximum absolute atomic E-state index is 9.90. The molecule has 3 N–H and O–H groups in total. The van der Waals surface area contributed by atoms with E-state index < -0.39 is 0 Å². The molecule has 0 unspecified atom stereocenters. The summed E-state index contributed by atoms with van der Waals surface area (Å²) in [4.78, 5) is 9.90. The molecule has 0 rings (SSSR count). The average Bonchev–Trinajstić information content (AvgIpc) is 1.35. The van der Waals surface area contributed by atoms with Crippen molar-refractivity contribution in [2.75, 3.05) is 6.54 Å². The summed E-state index contributed by atoms with van der Waals surface area (Å²) in [5.41, 5.74) is 2.22. The highest BCUT2D eigenvalue weighted by Gasteiger charge is 1.82. The molecule has 3 heteroatoms. The predicted octanol–water partition coefficient (Wildman–Crippen LogP) is -0.961. The van der Waals surface area contributed by atoms with Crippen LogP contribution in [0.3, 0.4) is 0 Å². The van der Waals surface area contributed by atoms with E-state index in [0.29, 0.717) is 0 Å². The monoisotopic (exact) mass is 88.1 g/mol. The normalized spacial score (nSPS) is 8.33. The summed E-state index contributed by atoms with van der Waals surface area (Å²) in [5.74, 6) is 4.81. The zero-order valence-corrected chi connectivity index (χ0v) is 3.69. The van der Waals surface area contributed by atoms with Gasteiger partial charge >= 0.3 is 0 Å². The third-order valence-electron chi connectivity index (χ3n) is 0.351. The molecular weight excluding hydrogens is 80.0 g/mol. The Labute approximate surface area is 36.5 Å². The number of hydrogen-bond donors (Lipinski definition) is 2. The van der Waals surface area contributed by atoms with Crippen LogP contribution in [0.15, 0.2) is 0 Å². The van der Waals surface area contributed by atoms with Crippen molar-refractivity contribution in [1.82, 2.24) is 5.43 Å². The Hall–Kier alpha value is -0.410. The Bertz CT molecular complexity index is 52.8. The van der Waals surface area contributed by atoms with Gasteiger partial charge in [-0.05, 0) is 6.92 Å². The number of carbonyl (C=O) groups excluding carboxylic acids is 1. The Balaban J connectivity index is 2.83. The van der Waals surface area contributed by atoms with Crippen LogP contribution >= 0.6 is 0 Å². The largest absolute Gasteiger partial charge is 0.299 e. The van der Waals surface area contributed by atoms with Gasteiger partial charge in [0.05, 0.1) is 6.54 Å². The first-order valence-corrected chi connectivity index (χ1v) is 1.70. The van der Waals surface area contributed by atoms with Gasteiger partial charge in [0.15, 0.2) is 0 Å². The van der Waals surface area contributed by atoms with Crippen LogP contribution in [-0.4, -0.2) is 12.3 Å². The smallest absolute Gasteiger partial charge is 0.144 e. The topological polar surface area (TPSA) is 55.1 Å². The molecule has 0 saturated heterocycles. The van der Waals surface area contributed by atoms with E-state index >= 15 is 0 Å². The zero-order valence-electron chi connectivity index (χ0n) is 3.69. The van der Waals surface area contributed by atoms with Crippen LogP contribution in [0.1, 0.15) is 6.92 Å². The molecule has 0 bridgehead atoms. The van der Waals surface area contributed by atoms with Gasteiger partial charge in [-0.3, -0.25) is 16.1 Å². The molecule has 0 spiro atoms. The van der Waals surface area contributed by atoms with E-state index in [4.69, 9.17) is 5.84 Å². The molecule has 0 amide bonds. The number of ketones is 1. The van der Waals surface area contributed by atoms with Crippen molar-refractivity contribution < 1.29 is 4.79 Å². The van der Waals surface area contributed by atoms with Crippen molar-refractivity contribution in [1.29, 1.82) is 0 Å². The summed E-state index contributed by atoms with van der Waals surface area (Å²) in [6.07, 6.45) is 0. The number of nitrogens with two attached hydrogens (primary N) is 1. The number of Topliss-reactive ketones (excluding diaryl/α,β-unsaturated/α-hetero) is 1. The SMILES string of the molecule is CC(=O)CNN. The second kappa shape index (κ2) is 2.81. The molecule has 36 valence electrons. The van der Waals surface area contributed by atoms with Crippen molar-refractivity contribution in [3.05, 3.63) is 0 Å². The van der Waals surface area contributed by atoms with Crippen molar-refractivity contribution >= 4 is 5.78 Å². The van der Waals surface area contributed by atoms with Gasteiger partial charge in [0.1, 0.15) is 5.78 Å². The lowest BCUT2D eigenvalue weighted by molar-refractivity contribution is -0.116. The first kappa shape index (κ1) is 5.59. The van der Waals surface area contributed by atoms with E-state index in [1.165, 1.54) is 6.92 Å². The molecule has 0 fully saturated rings. The maximum atomic E-state index is 9.90. The van der Waals surface area contributed by atoms with Gasteiger partial charge in [0.25, 0.3) is 0 Å². The second-order valence-corrected chi connectivity index (χ2v) is 1.08. The van der Waals surface area contributed by atoms with Gasteiger partial charge in [0.2, 0.25) is 0 Å². The summed E-state index contributed by atoms with van der Waals surface area (Å²) < 4.78 is 0. The summed E-state index contributed by atoms with van der Waals surface area (Å²) in [5, 5.41) is 0. The zero-order chi connectivity index (χ0) is 4.99. The Morgan fingerprint density at radius 1 is 2.00 bits per heavy atom. The number of hydrogen-bond acceptors (Lipinski definition) is 3. The number of carbonyl (C=O) groups is 1. The minimum absolute atomic E-state index is 0.0532. The van der Waals surface area contributed by atoms with Crippen molar-refractivity contribution in [2.45, 2.75) is 6.92 Å². The Morgan fingerprint density at radius 3 is 2.50 bits per heavy atom. The quantitative estimate of drug-likeness (QED) is 0.337. The van der Waals surface area contributed by atoms with Crippen molar-refractivity contribution in [2.24, 2.45) is 5.84 Å². The van der Waals surface area contributed by atoms with Gasteiger partial charge in [-0.15, -0.1) is 0 Å². The van der Waals surface area contributed by atoms with Gasteiger partial charge in [-0.1, -0.05) is 0 Å². The lowest BCUT2D eigenvalue weighted by Gasteiger charge is -1.85. The van der Waals surface area contributed by atoms with Gasteiger partial charge in [0, 0.05) is 0 Å². The van der Waals surface area contributed by atoms with E-state index in [1.54, 1.807) is 0 Å². The lowest BCUT2D eigenvalue weighted by atomic mass is 10.5. The third kappa shape index (κ3) is 3.59. The molecule has 0 aliphatic heterocycles. The standard InChI is InChI=1S/C3H8N2O/c1-3(6)2-5-4/h5H,2,4H2,1H3. The third-order valence-corrected chi connectivity index (χ3v) is 0.351. The molecule has 0 aliphatic rings. The van der Waals surface area contributed by atoms with Crippen LogP contribution in [-0.2, 0) is 4.79 Å². The molecular formula is C3H8N2O. The molecule has 0 aliphatic carbocycles. The van der Waals surface area contributed by atoms with E-state index in [9.17, 15) is 4.79 Å². The van der Waals surface area contributed by atoms with Crippen molar-refractivity contribution in [3.8, 4) is 0 Å². The fraction of sp³-hybridized carbons (Fsp3) is 0.667. The van der Waals surface area contributed by atoms with Crippen LogP contribution in [0, 0.1) is 0 Å². The average molecular weight is 88.1 g/mol. The van der Waals surface area contributed by atoms with E-state index in [-0.39, 0.29) is 12.3 Å². The fourth-order valence-electron chi connectivity index (χ4n) is 0.144. The summed E-state index contributed by atoms with van der Waals surface area (Å²) in [7, 11) is 0. The van der Waals surface area contributed by atoms with Crippen LogP contribution in [0.25, 0.3) is 0 Å². The summed E-state index contributed by atoms with van der Waals surface area (Å²) >= 11 is 0. The molecule has 0 saturated carbocycles. The Morgan fingerprint density at radius 2 is 2.50 bits per heavy atom. The first-order valence-electron chi connectivity index (χ1n) is 1.70. The molecule has 0 aromatic heterocycles. The minimum atomic E-state index is 0.0532. The maximum Gasteiger partial charge on any atom is 0.144 e. The van der Waals surface area contributed by atoms with Gasteiger partial charge < -0.3 is 0 Å². The highest BCUT2D eigenvalue weighted by atomic mass is 16.1. The summed E-state index contributed by atoms with van der Waals surface area (Å²) in [6.45, 7) is 1.74. The fourth-order valence-corrected chi connectivity index (χ4v) is 0.144. The molecule has 0 radical (unpaired) electrons. The predicted molar refractivity (Wildman–Crippen MR) is 22.9 cm³/mol. The van der Waals surface area contributed by atoms with E-state index in [0.717, 1.165) is 0 Å². The molecule has 0 atom stereocenters. The van der Waals surface area contributed by atoms with Crippen LogP contribution in [0.4, 0.5) is 0 Å². The lowest BCUT2D eigenvalue weighted by Crippen LogP contribution is -2.27. The number of rotatable bonds is 2. The Kier molecular flexibility index (Phi) is 2.62. The highest BCUT2D eigenvalue weighted by Crippen LogP contribution is 1.55. The van der Waals surface area contributed by atoms with Crippen LogP contribution in [0.2, 0.25) is 0 Å². The van der Waals surface area contributed by atoms with Gasteiger partial charge in [-0.25, -0.2) is 0 Å². The minimum Gasteiger partial charge on any atom is -0.299 e. The second-order valence-electron chi connectivity index (χ2n) is 1.08. The molecule has 0 aromatic carbocycles. The van der Waals surface area contributed by atoms with Crippen LogP contribution < -0.4 is 11.3 Å². The molecule has 6 heavy (non-hydrogen) atoms. The summed E-state index contributed by atoms with van der Waals surface area (Å²) in [6, 6.07) is 0. The molecule has 0 aromatic rings. The first-order chi connectivity index (χ1) is 2.77. The van der Waals surface area contributed by atoms with E-state index in [2.05, 4.69) is 5.43 Å². The number of hydrazine groups is 1.